The highest BCUT2D eigenvalue weighted by Gasteiger charge is 2.32. The summed E-state index contributed by atoms with van der Waals surface area (Å²) in [5.74, 6) is 5.55. The third kappa shape index (κ3) is 3.80. The van der Waals surface area contributed by atoms with Gasteiger partial charge in [0.2, 0.25) is 5.91 Å². The second kappa shape index (κ2) is 6.90. The smallest absolute Gasteiger partial charge is 0.224 e. The van der Waals surface area contributed by atoms with Crippen molar-refractivity contribution in [1.29, 1.82) is 0 Å². The van der Waals surface area contributed by atoms with E-state index in [0.29, 0.717) is 6.04 Å². The maximum absolute atomic E-state index is 11.8. The van der Waals surface area contributed by atoms with Gasteiger partial charge in [0.15, 0.2) is 0 Å². The minimum Gasteiger partial charge on any atom is -0.356 e. The first-order valence-electron chi connectivity index (χ1n) is 6.48. The van der Waals surface area contributed by atoms with Crippen LogP contribution in [0.1, 0.15) is 13.3 Å². The highest BCUT2D eigenvalue weighted by atomic mass is 32.2. The Morgan fingerprint density at radius 2 is 2.06 bits per heavy atom. The summed E-state index contributed by atoms with van der Waals surface area (Å²) in [4.78, 5) is 14.3. The molecule has 5 heteroatoms. The Morgan fingerprint density at radius 3 is 2.71 bits per heavy atom. The van der Waals surface area contributed by atoms with Crippen LogP contribution < -0.4 is 5.32 Å². The van der Waals surface area contributed by atoms with Crippen LogP contribution in [0.4, 0.5) is 0 Å². The van der Waals surface area contributed by atoms with Crippen LogP contribution in [0.2, 0.25) is 0 Å². The van der Waals surface area contributed by atoms with Crippen molar-refractivity contribution < 1.29 is 4.79 Å². The summed E-state index contributed by atoms with van der Waals surface area (Å²) in [7, 11) is 0. The number of carbonyl (C=O) groups excluding carboxylic acids is 1. The zero-order chi connectivity index (χ0) is 12.1. The Morgan fingerprint density at radius 1 is 1.35 bits per heavy atom. The Bertz CT molecular complexity index is 255. The van der Waals surface area contributed by atoms with Crippen LogP contribution in [0.3, 0.4) is 0 Å². The molecule has 98 valence electrons. The fourth-order valence-corrected chi connectivity index (χ4v) is 5.09. The average Bonchev–Trinajstić information content (AvgIpc) is 2.66. The Labute approximate surface area is 112 Å². The Hall–Kier alpha value is 0.130. The molecule has 0 saturated carbocycles. The summed E-state index contributed by atoms with van der Waals surface area (Å²) < 4.78 is 0. The van der Waals surface area contributed by atoms with Gasteiger partial charge in [0.1, 0.15) is 0 Å². The van der Waals surface area contributed by atoms with E-state index in [-0.39, 0.29) is 11.8 Å². The second-order valence-corrected chi connectivity index (χ2v) is 6.98. The van der Waals surface area contributed by atoms with Gasteiger partial charge in [0.05, 0.1) is 5.92 Å². The summed E-state index contributed by atoms with van der Waals surface area (Å²) >= 11 is 4.14. The van der Waals surface area contributed by atoms with Gasteiger partial charge in [-0.3, -0.25) is 9.69 Å². The molecule has 17 heavy (non-hydrogen) atoms. The molecular formula is C12H22N2OS2. The molecule has 0 aromatic rings. The monoisotopic (exact) mass is 274 g/mol. The maximum atomic E-state index is 11.8. The highest BCUT2D eigenvalue weighted by Crippen LogP contribution is 2.25. The van der Waals surface area contributed by atoms with E-state index in [1.807, 2.05) is 6.92 Å². The van der Waals surface area contributed by atoms with Gasteiger partial charge in [-0.05, 0) is 19.9 Å². The van der Waals surface area contributed by atoms with E-state index in [1.165, 1.54) is 23.0 Å². The number of nitrogens with one attached hydrogen (secondary N) is 1. The molecule has 0 radical (unpaired) electrons. The first kappa shape index (κ1) is 13.6. The summed E-state index contributed by atoms with van der Waals surface area (Å²) in [5, 5.41) is 2.95. The first-order valence-corrected chi connectivity index (χ1v) is 8.79. The molecule has 2 aliphatic heterocycles. The van der Waals surface area contributed by atoms with Crippen LogP contribution in [-0.4, -0.2) is 59.5 Å². The zero-order valence-electron chi connectivity index (χ0n) is 10.5. The molecule has 1 N–H and O–H groups in total. The molecule has 2 saturated heterocycles. The third-order valence-corrected chi connectivity index (χ3v) is 5.94. The topological polar surface area (TPSA) is 32.3 Å². The average molecular weight is 274 g/mol. The van der Waals surface area contributed by atoms with Gasteiger partial charge in [-0.1, -0.05) is 0 Å². The molecular weight excluding hydrogens is 252 g/mol. The fraction of sp³-hybridized carbons (Fsp3) is 0.917. The van der Waals surface area contributed by atoms with Gasteiger partial charge in [0, 0.05) is 42.1 Å². The Kier molecular flexibility index (Phi) is 5.50. The van der Waals surface area contributed by atoms with Gasteiger partial charge >= 0.3 is 0 Å². The van der Waals surface area contributed by atoms with Gasteiger partial charge in [0.25, 0.3) is 0 Å². The fourth-order valence-electron chi connectivity index (χ4n) is 2.47. The van der Waals surface area contributed by atoms with Crippen molar-refractivity contribution in [2.75, 3.05) is 42.6 Å². The van der Waals surface area contributed by atoms with Gasteiger partial charge in [-0.25, -0.2) is 0 Å². The predicted octanol–water partition coefficient (Wildman–Crippen LogP) is 1.29. The second-order valence-electron chi connectivity index (χ2n) is 4.68. The molecule has 2 aliphatic rings. The van der Waals surface area contributed by atoms with E-state index in [1.54, 1.807) is 0 Å². The molecule has 1 atom stereocenters. The lowest BCUT2D eigenvalue weighted by atomic mass is 10.1. The number of likely N-dealkylation sites (tertiary alicyclic amines) is 1. The number of hydrogen-bond acceptors (Lipinski definition) is 4. The minimum absolute atomic E-state index is 0.230. The quantitative estimate of drug-likeness (QED) is 0.841. The zero-order valence-corrected chi connectivity index (χ0v) is 12.1. The Balaban J connectivity index is 1.81. The third-order valence-electron chi connectivity index (χ3n) is 3.45. The standard InChI is InChI=1S/C12H22N2OS2/c1-2-13-12(15)10-3-4-14(7-10)11-8-16-5-6-17-9-11/h10-11H,2-9H2,1H3,(H,13,15). The van der Waals surface area contributed by atoms with Crippen molar-refractivity contribution in [3.8, 4) is 0 Å². The molecule has 0 aromatic carbocycles. The van der Waals surface area contributed by atoms with Crippen molar-refractivity contribution in [2.24, 2.45) is 5.92 Å². The van der Waals surface area contributed by atoms with Crippen molar-refractivity contribution in [3.63, 3.8) is 0 Å². The van der Waals surface area contributed by atoms with Gasteiger partial charge < -0.3 is 5.32 Å². The van der Waals surface area contributed by atoms with Crippen molar-refractivity contribution in [2.45, 2.75) is 19.4 Å². The van der Waals surface area contributed by atoms with Gasteiger partial charge in [-0.15, -0.1) is 0 Å². The molecule has 2 fully saturated rings. The largest absolute Gasteiger partial charge is 0.356 e. The lowest BCUT2D eigenvalue weighted by Gasteiger charge is -2.25. The van der Waals surface area contributed by atoms with E-state index in [4.69, 9.17) is 0 Å². The predicted molar refractivity (Wildman–Crippen MR) is 76.8 cm³/mol. The maximum Gasteiger partial charge on any atom is 0.224 e. The molecule has 0 aromatic heterocycles. The van der Waals surface area contributed by atoms with E-state index in [2.05, 4.69) is 33.7 Å². The molecule has 0 bridgehead atoms. The van der Waals surface area contributed by atoms with E-state index in [0.717, 1.165) is 26.1 Å². The van der Waals surface area contributed by atoms with Crippen molar-refractivity contribution in [1.82, 2.24) is 10.2 Å². The molecule has 2 heterocycles. The molecule has 0 aliphatic carbocycles. The number of thioether (sulfide) groups is 2. The lowest BCUT2D eigenvalue weighted by molar-refractivity contribution is -0.124. The minimum atomic E-state index is 0.230. The summed E-state index contributed by atoms with van der Waals surface area (Å²) in [6.45, 7) is 4.82. The van der Waals surface area contributed by atoms with Crippen molar-refractivity contribution >= 4 is 29.4 Å². The van der Waals surface area contributed by atoms with Crippen LogP contribution in [0.5, 0.6) is 0 Å². The molecule has 1 unspecified atom stereocenters. The lowest BCUT2D eigenvalue weighted by Crippen LogP contribution is -2.39. The normalized spacial score (nSPS) is 27.9. The number of nitrogens with zero attached hydrogens (tertiary/aromatic N) is 1. The van der Waals surface area contributed by atoms with Crippen LogP contribution in [0, 0.1) is 5.92 Å². The van der Waals surface area contributed by atoms with Crippen LogP contribution in [0.15, 0.2) is 0 Å². The van der Waals surface area contributed by atoms with Crippen LogP contribution in [0.25, 0.3) is 0 Å². The number of amides is 1. The number of carbonyl (C=O) groups is 1. The summed E-state index contributed by atoms with van der Waals surface area (Å²) in [6.07, 6.45) is 1.04. The summed E-state index contributed by atoms with van der Waals surface area (Å²) in [5.41, 5.74) is 0. The van der Waals surface area contributed by atoms with E-state index >= 15 is 0 Å². The molecule has 2 rings (SSSR count). The van der Waals surface area contributed by atoms with Gasteiger partial charge in [-0.2, -0.15) is 23.5 Å². The van der Waals surface area contributed by atoms with Crippen molar-refractivity contribution in [3.05, 3.63) is 0 Å². The molecule has 0 spiro atoms. The van der Waals surface area contributed by atoms with E-state index in [9.17, 15) is 4.79 Å². The highest BCUT2D eigenvalue weighted by molar-refractivity contribution is 8.03. The number of rotatable bonds is 3. The SMILES string of the molecule is CCNC(=O)C1CCN(C2CSCCSC2)C1. The molecule has 1 amide bonds. The van der Waals surface area contributed by atoms with Crippen LogP contribution in [-0.2, 0) is 4.79 Å². The van der Waals surface area contributed by atoms with Crippen LogP contribution >= 0.6 is 23.5 Å². The number of hydrogen-bond donors (Lipinski definition) is 1. The summed E-state index contributed by atoms with van der Waals surface area (Å²) in [6, 6.07) is 0.687. The first-order chi connectivity index (χ1) is 8.31. The molecule has 3 nitrogen and oxygen atoms in total. The van der Waals surface area contributed by atoms with E-state index < -0.39 is 0 Å².